The monoisotopic (exact) mass is 125 g/mol. The fraction of sp³-hybridized carbons (Fsp3) is 0.667. The average Bonchev–Trinajstić information content (AvgIpc) is 1.80. The second-order valence-electron chi connectivity index (χ2n) is 2.55. The van der Waals surface area contributed by atoms with Gasteiger partial charge >= 0.3 is 0 Å². The normalized spacial score (nSPS) is 12.1. The molecule has 0 aliphatic carbocycles. The van der Waals surface area contributed by atoms with Gasteiger partial charge in [0.05, 0.1) is 0 Å². The van der Waals surface area contributed by atoms with Crippen LogP contribution in [-0.2, 0) is 0 Å². The van der Waals surface area contributed by atoms with Crippen molar-refractivity contribution in [3.8, 4) is 0 Å². The second-order valence-corrected chi connectivity index (χ2v) is 2.55. The van der Waals surface area contributed by atoms with Crippen molar-refractivity contribution in [2.45, 2.75) is 39.5 Å². The molecule has 0 rings (SSSR count). The molecule has 0 bridgehead atoms. The van der Waals surface area contributed by atoms with Gasteiger partial charge in [0.25, 0.3) is 0 Å². The summed E-state index contributed by atoms with van der Waals surface area (Å²) in [5.41, 5.74) is 1.20. The van der Waals surface area contributed by atoms with E-state index >= 15 is 0 Å². The first-order valence-electron chi connectivity index (χ1n) is 3.76. The molecule has 0 spiro atoms. The maximum atomic E-state index is 3.80. The average molecular weight is 125 g/mol. The maximum Gasteiger partial charge on any atom is -0.0286 e. The van der Waals surface area contributed by atoms with E-state index in [0.717, 1.165) is 0 Å². The van der Waals surface area contributed by atoms with Gasteiger partial charge in [-0.1, -0.05) is 31.4 Å². The molecule has 9 heavy (non-hydrogen) atoms. The fourth-order valence-corrected chi connectivity index (χ4v) is 0.743. The van der Waals surface area contributed by atoms with E-state index in [9.17, 15) is 0 Å². The second kappa shape index (κ2) is 5.87. The van der Waals surface area contributed by atoms with Crippen LogP contribution in [0.1, 0.15) is 39.5 Å². The van der Waals surface area contributed by atoms with Crippen LogP contribution >= 0.6 is 0 Å². The van der Waals surface area contributed by atoms with Crippen molar-refractivity contribution < 1.29 is 0 Å². The highest BCUT2D eigenvalue weighted by atomic mass is 13.9. The first-order chi connectivity index (χ1) is 4.27. The molecule has 0 aromatic carbocycles. The molecule has 0 aliphatic heterocycles. The molecule has 0 nitrogen and oxygen atoms in total. The fourth-order valence-electron chi connectivity index (χ4n) is 0.743. The summed E-state index contributed by atoms with van der Waals surface area (Å²) >= 11 is 0. The number of allylic oxidation sites excluding steroid dienone is 2. The molecular weight excluding hydrogens is 108 g/mol. The molecule has 0 atom stereocenters. The third-order valence-corrected chi connectivity index (χ3v) is 1.30. The number of hydrogen-bond acceptors (Lipinski definition) is 0. The predicted octanol–water partition coefficient (Wildman–Crippen LogP) is 3.35. The van der Waals surface area contributed by atoms with Crippen LogP contribution in [0.2, 0.25) is 0 Å². The predicted molar refractivity (Wildman–Crippen MR) is 43.3 cm³/mol. The Kier molecular flexibility index (Phi) is 5.70. The molecule has 0 heterocycles. The number of rotatable bonds is 4. The van der Waals surface area contributed by atoms with Crippen LogP contribution in [0.5, 0.6) is 0 Å². The summed E-state index contributed by atoms with van der Waals surface area (Å²) in [5, 5.41) is 0. The lowest BCUT2D eigenvalue weighted by atomic mass is 10.2. The molecule has 0 fully saturated rings. The van der Waals surface area contributed by atoms with E-state index in [0.29, 0.717) is 0 Å². The smallest absolute Gasteiger partial charge is 0.0286 e. The lowest BCUT2D eigenvalue weighted by Crippen LogP contribution is -1.72. The largest absolute Gasteiger partial charge is 0.0856 e. The van der Waals surface area contributed by atoms with E-state index in [1.165, 1.54) is 31.3 Å². The zero-order valence-electron chi connectivity index (χ0n) is 6.61. The van der Waals surface area contributed by atoms with Crippen molar-refractivity contribution in [2.24, 2.45) is 0 Å². The summed E-state index contributed by atoms with van der Waals surface area (Å²) in [6.07, 6.45) is 7.40. The Morgan fingerprint density at radius 1 is 1.44 bits per heavy atom. The van der Waals surface area contributed by atoms with Gasteiger partial charge in [0.1, 0.15) is 0 Å². The Labute approximate surface area is 59.0 Å². The summed E-state index contributed by atoms with van der Waals surface area (Å²) < 4.78 is 0. The highest BCUT2D eigenvalue weighted by Gasteiger charge is 1.81. The molecule has 0 saturated carbocycles. The van der Waals surface area contributed by atoms with Gasteiger partial charge in [-0.15, -0.1) is 0 Å². The SMILES string of the molecule is [CH2]/C(C)=C/CCCCC. The summed E-state index contributed by atoms with van der Waals surface area (Å²) in [6.45, 7) is 8.07. The zero-order valence-corrected chi connectivity index (χ0v) is 6.61. The molecule has 0 unspecified atom stereocenters. The summed E-state index contributed by atoms with van der Waals surface area (Å²) in [7, 11) is 0. The third-order valence-electron chi connectivity index (χ3n) is 1.30. The minimum atomic E-state index is 1.20. The van der Waals surface area contributed by atoms with Crippen LogP contribution in [0.15, 0.2) is 11.6 Å². The maximum absolute atomic E-state index is 3.80. The summed E-state index contributed by atoms with van der Waals surface area (Å²) in [6, 6.07) is 0. The molecule has 53 valence electrons. The van der Waals surface area contributed by atoms with Gasteiger partial charge in [-0.25, -0.2) is 0 Å². The minimum absolute atomic E-state index is 1.20. The lowest BCUT2D eigenvalue weighted by molar-refractivity contribution is 0.728. The Hall–Kier alpha value is -0.260. The highest BCUT2D eigenvalue weighted by Crippen LogP contribution is 2.01. The Morgan fingerprint density at radius 2 is 2.11 bits per heavy atom. The third kappa shape index (κ3) is 7.74. The van der Waals surface area contributed by atoms with Gasteiger partial charge in [-0.2, -0.15) is 0 Å². The van der Waals surface area contributed by atoms with Crippen molar-refractivity contribution >= 4 is 0 Å². The number of unbranched alkanes of at least 4 members (excludes halogenated alkanes) is 3. The van der Waals surface area contributed by atoms with Gasteiger partial charge in [0, 0.05) is 0 Å². The van der Waals surface area contributed by atoms with E-state index in [-0.39, 0.29) is 0 Å². The van der Waals surface area contributed by atoms with Gasteiger partial charge in [-0.05, 0) is 26.7 Å². The zero-order chi connectivity index (χ0) is 7.11. The van der Waals surface area contributed by atoms with Crippen molar-refractivity contribution in [1.82, 2.24) is 0 Å². The Morgan fingerprint density at radius 3 is 2.56 bits per heavy atom. The van der Waals surface area contributed by atoms with Crippen LogP contribution in [0.4, 0.5) is 0 Å². The van der Waals surface area contributed by atoms with Crippen LogP contribution < -0.4 is 0 Å². The lowest BCUT2D eigenvalue weighted by Gasteiger charge is -1.92. The first-order valence-corrected chi connectivity index (χ1v) is 3.76. The van der Waals surface area contributed by atoms with Crippen LogP contribution in [0.25, 0.3) is 0 Å². The quantitative estimate of drug-likeness (QED) is 0.505. The first kappa shape index (κ1) is 8.74. The van der Waals surface area contributed by atoms with E-state index in [4.69, 9.17) is 0 Å². The molecule has 0 saturated heterocycles. The van der Waals surface area contributed by atoms with Gasteiger partial charge < -0.3 is 0 Å². The Balaban J connectivity index is 3.00. The molecular formula is C9H17. The molecule has 0 N–H and O–H groups in total. The topological polar surface area (TPSA) is 0 Å². The van der Waals surface area contributed by atoms with Crippen molar-refractivity contribution in [2.75, 3.05) is 0 Å². The molecule has 0 heteroatoms. The molecule has 0 aromatic heterocycles. The molecule has 1 radical (unpaired) electrons. The van der Waals surface area contributed by atoms with Crippen molar-refractivity contribution in [1.29, 1.82) is 0 Å². The van der Waals surface area contributed by atoms with Gasteiger partial charge in [0.2, 0.25) is 0 Å². The van der Waals surface area contributed by atoms with E-state index in [1.807, 2.05) is 6.92 Å². The van der Waals surface area contributed by atoms with Crippen molar-refractivity contribution in [3.05, 3.63) is 18.6 Å². The molecule has 0 aliphatic rings. The number of hydrogen-bond donors (Lipinski definition) is 0. The standard InChI is InChI=1S/C9H17/c1-4-5-6-7-8-9(2)3/h8H,2,4-7H2,1,3H3/b9-8-. The van der Waals surface area contributed by atoms with Gasteiger partial charge in [0.15, 0.2) is 0 Å². The molecule has 0 amide bonds. The van der Waals surface area contributed by atoms with Crippen molar-refractivity contribution in [3.63, 3.8) is 0 Å². The van der Waals surface area contributed by atoms with Crippen LogP contribution in [-0.4, -0.2) is 0 Å². The summed E-state index contributed by atoms with van der Waals surface area (Å²) in [5.74, 6) is 0. The van der Waals surface area contributed by atoms with E-state index in [1.54, 1.807) is 0 Å². The van der Waals surface area contributed by atoms with Crippen LogP contribution in [0.3, 0.4) is 0 Å². The summed E-state index contributed by atoms with van der Waals surface area (Å²) in [4.78, 5) is 0. The Bertz CT molecular complexity index is 76.0. The van der Waals surface area contributed by atoms with Gasteiger partial charge in [-0.3, -0.25) is 0 Å². The van der Waals surface area contributed by atoms with E-state index in [2.05, 4.69) is 19.9 Å². The minimum Gasteiger partial charge on any atom is -0.0856 e. The van der Waals surface area contributed by atoms with Crippen LogP contribution in [0, 0.1) is 6.92 Å². The highest BCUT2D eigenvalue weighted by molar-refractivity contribution is 5.00. The van der Waals surface area contributed by atoms with E-state index < -0.39 is 0 Å². The molecule has 0 aromatic rings.